The number of nitrogens with zero attached hydrogens (tertiary/aromatic N) is 6. The van der Waals surface area contributed by atoms with Crippen LogP contribution < -0.4 is 10.7 Å². The molecule has 0 saturated carbocycles. The van der Waals surface area contributed by atoms with Crippen molar-refractivity contribution in [3.8, 4) is 11.3 Å². The molecule has 0 bridgehead atoms. The zero-order chi connectivity index (χ0) is 20.0. The van der Waals surface area contributed by atoms with Crippen molar-refractivity contribution in [2.45, 2.75) is 13.0 Å². The third-order valence-corrected chi connectivity index (χ3v) is 5.60. The van der Waals surface area contributed by atoms with Gasteiger partial charge < -0.3 is 9.64 Å². The maximum atomic E-state index is 5.94. The van der Waals surface area contributed by atoms with Crippen LogP contribution in [0.3, 0.4) is 0 Å². The largest absolute Gasteiger partial charge is 0.377 e. The number of hydrazine groups is 1. The lowest BCUT2D eigenvalue weighted by Gasteiger charge is -2.34. The predicted octanol–water partition coefficient (Wildman–Crippen LogP) is 1.61. The molecule has 2 N–H and O–H groups in total. The highest BCUT2D eigenvalue weighted by molar-refractivity contribution is 6.01. The van der Waals surface area contributed by atoms with E-state index in [1.807, 2.05) is 48.5 Å². The van der Waals surface area contributed by atoms with E-state index in [9.17, 15) is 0 Å². The summed E-state index contributed by atoms with van der Waals surface area (Å²) in [7, 11) is 1.96. The summed E-state index contributed by atoms with van der Waals surface area (Å²) in [6.07, 6.45) is 7.54. The number of hydrogen-bond acceptors (Lipinski definition) is 6. The molecule has 0 amide bonds. The Balaban J connectivity index is 1.75. The maximum Gasteiger partial charge on any atom is 0.198 e. The number of pyridine rings is 2. The molecule has 148 valence electrons. The third-order valence-electron chi connectivity index (χ3n) is 5.60. The monoisotopic (exact) mass is 390 g/mol. The van der Waals surface area contributed by atoms with Crippen LogP contribution in [0.5, 0.6) is 0 Å². The van der Waals surface area contributed by atoms with E-state index in [1.165, 1.54) is 0 Å². The molecular formula is C21H24N7O+. The van der Waals surface area contributed by atoms with Gasteiger partial charge in [0.1, 0.15) is 5.82 Å². The highest BCUT2D eigenvalue weighted by atomic mass is 16.5. The van der Waals surface area contributed by atoms with E-state index in [4.69, 9.17) is 15.6 Å². The Bertz CT molecular complexity index is 1150. The number of hydrogen-bond donors (Lipinski definition) is 1. The number of allylic oxidation sites excluding steroid dienone is 1. The first kappa shape index (κ1) is 17.8. The molecule has 0 radical (unpaired) electrons. The molecular weight excluding hydrogens is 366 g/mol. The van der Waals surface area contributed by atoms with Crippen molar-refractivity contribution in [3.63, 3.8) is 0 Å². The fourth-order valence-electron chi connectivity index (χ4n) is 4.08. The molecule has 2 aliphatic heterocycles. The summed E-state index contributed by atoms with van der Waals surface area (Å²) in [6, 6.07) is 6.48. The number of nitrogens with two attached hydrogens (primary N) is 1. The third kappa shape index (κ3) is 3.05. The van der Waals surface area contributed by atoms with Gasteiger partial charge in [-0.05, 0) is 25.1 Å². The number of fused-ring (bicyclic) bond motifs is 1. The fraction of sp³-hybridized carbons (Fsp3) is 0.333. The van der Waals surface area contributed by atoms with Crippen molar-refractivity contribution in [1.29, 1.82) is 0 Å². The number of aryl methyl sites for hydroxylation is 1. The normalized spacial score (nSPS) is 19.5. The molecule has 1 unspecified atom stereocenters. The van der Waals surface area contributed by atoms with Crippen molar-refractivity contribution >= 4 is 28.5 Å². The predicted molar refractivity (Wildman–Crippen MR) is 113 cm³/mol. The van der Waals surface area contributed by atoms with E-state index in [2.05, 4.69) is 28.0 Å². The van der Waals surface area contributed by atoms with Gasteiger partial charge in [0, 0.05) is 43.0 Å². The molecule has 8 nitrogen and oxygen atoms in total. The molecule has 0 aromatic carbocycles. The molecule has 3 aromatic rings. The zero-order valence-electron chi connectivity index (χ0n) is 16.6. The first-order chi connectivity index (χ1) is 14.1. The number of morpholine rings is 1. The van der Waals surface area contributed by atoms with Gasteiger partial charge in [0.2, 0.25) is 0 Å². The van der Waals surface area contributed by atoms with Gasteiger partial charge in [0.25, 0.3) is 0 Å². The second-order valence-electron chi connectivity index (χ2n) is 7.55. The van der Waals surface area contributed by atoms with Crippen LogP contribution in [0.1, 0.15) is 12.6 Å². The minimum atomic E-state index is 0.256. The van der Waals surface area contributed by atoms with Gasteiger partial charge in [0.15, 0.2) is 12.8 Å². The van der Waals surface area contributed by atoms with Crippen LogP contribution in [0.2, 0.25) is 0 Å². The Kier molecular flexibility index (Phi) is 4.28. The van der Waals surface area contributed by atoms with Gasteiger partial charge in [0.05, 0.1) is 41.7 Å². The Hall–Kier alpha value is -3.26. The molecule has 5 rings (SSSR count). The van der Waals surface area contributed by atoms with Gasteiger partial charge in [-0.15, -0.1) is 4.68 Å². The van der Waals surface area contributed by atoms with E-state index in [0.29, 0.717) is 19.8 Å². The number of rotatable bonds is 3. The number of ether oxygens (including phenoxy) is 1. The Morgan fingerprint density at radius 1 is 1.28 bits per heavy atom. The molecule has 1 fully saturated rings. The molecule has 3 aromatic heterocycles. The highest BCUT2D eigenvalue weighted by Crippen LogP contribution is 2.34. The summed E-state index contributed by atoms with van der Waals surface area (Å²) < 4.78 is 9.18. The lowest BCUT2D eigenvalue weighted by atomic mass is 10.0. The number of aromatic nitrogens is 4. The molecule has 29 heavy (non-hydrogen) atoms. The van der Waals surface area contributed by atoms with Crippen LogP contribution >= 0.6 is 0 Å². The van der Waals surface area contributed by atoms with Crippen LogP contribution in [0.15, 0.2) is 36.7 Å². The Labute approximate surface area is 168 Å². The average Bonchev–Trinajstić information content (AvgIpc) is 3.35. The zero-order valence-corrected chi connectivity index (χ0v) is 16.6. The summed E-state index contributed by atoms with van der Waals surface area (Å²) in [5, 5.41) is 5.43. The number of hydrazone groups is 1. The summed E-state index contributed by atoms with van der Waals surface area (Å²) >= 11 is 0. The van der Waals surface area contributed by atoms with Gasteiger partial charge in [-0.3, -0.25) is 9.67 Å². The summed E-state index contributed by atoms with van der Waals surface area (Å²) in [4.78, 5) is 12.1. The van der Waals surface area contributed by atoms with Crippen molar-refractivity contribution < 1.29 is 9.42 Å². The van der Waals surface area contributed by atoms with E-state index >= 15 is 0 Å². The second-order valence-corrected chi connectivity index (χ2v) is 7.55. The Morgan fingerprint density at radius 3 is 2.90 bits per heavy atom. The smallest absolute Gasteiger partial charge is 0.198 e. The Morgan fingerprint density at radius 2 is 2.17 bits per heavy atom. The second kappa shape index (κ2) is 6.97. The van der Waals surface area contributed by atoms with E-state index < -0.39 is 0 Å². The quantitative estimate of drug-likeness (QED) is 0.540. The van der Waals surface area contributed by atoms with Gasteiger partial charge in [-0.2, -0.15) is 5.10 Å². The summed E-state index contributed by atoms with van der Waals surface area (Å²) in [5.41, 5.74) is 4.96. The van der Waals surface area contributed by atoms with Crippen LogP contribution in [0, 0.1) is 0 Å². The van der Waals surface area contributed by atoms with Crippen molar-refractivity contribution in [1.82, 2.24) is 19.7 Å². The van der Waals surface area contributed by atoms with Crippen LogP contribution in [-0.4, -0.2) is 63.0 Å². The van der Waals surface area contributed by atoms with Gasteiger partial charge >= 0.3 is 0 Å². The van der Waals surface area contributed by atoms with Crippen LogP contribution in [0.25, 0.3) is 27.7 Å². The first-order valence-electron chi connectivity index (χ1n) is 9.80. The maximum absolute atomic E-state index is 5.94. The van der Waals surface area contributed by atoms with Gasteiger partial charge in [-0.25, -0.2) is 10.8 Å². The summed E-state index contributed by atoms with van der Waals surface area (Å²) in [6.45, 7) is 5.00. The van der Waals surface area contributed by atoms with Crippen LogP contribution in [-0.2, 0) is 11.8 Å². The molecule has 5 heterocycles. The molecule has 0 spiro atoms. The SMILES string of the molecule is CC1COCCN1c1cc(-c2ccnn2C)c2ccnc(C3=CC=[N+](N)C3)c2n1. The average molecular weight is 390 g/mol. The molecule has 2 aliphatic rings. The van der Waals surface area contributed by atoms with E-state index in [-0.39, 0.29) is 6.04 Å². The van der Waals surface area contributed by atoms with E-state index in [0.717, 1.165) is 45.8 Å². The topological polar surface area (TPSA) is 85.1 Å². The molecule has 1 saturated heterocycles. The van der Waals surface area contributed by atoms with Crippen molar-refractivity contribution in [2.75, 3.05) is 31.2 Å². The minimum Gasteiger partial charge on any atom is -0.377 e. The van der Waals surface area contributed by atoms with E-state index in [1.54, 1.807) is 4.68 Å². The standard InChI is InChI=1S/C21H24N7O/c1-14-13-29-10-9-28(14)19-11-17(18-4-7-24-26(18)2)16-3-6-23-20(21(16)25-19)15-5-8-27(22)12-15/h3-8,11,14H,9-10,12-13,22H2,1-2H3/q+1. The van der Waals surface area contributed by atoms with Crippen molar-refractivity contribution in [2.24, 2.45) is 12.9 Å². The fourth-order valence-corrected chi connectivity index (χ4v) is 4.08. The van der Waals surface area contributed by atoms with Crippen molar-refractivity contribution in [3.05, 3.63) is 42.4 Å². The first-order valence-corrected chi connectivity index (χ1v) is 9.80. The lowest BCUT2D eigenvalue weighted by Crippen LogP contribution is -2.44. The number of anilines is 1. The van der Waals surface area contributed by atoms with Gasteiger partial charge in [-0.1, -0.05) is 0 Å². The molecule has 8 heteroatoms. The molecule has 0 aliphatic carbocycles. The minimum absolute atomic E-state index is 0.256. The van der Waals surface area contributed by atoms with Crippen LogP contribution in [0.4, 0.5) is 5.82 Å². The lowest BCUT2D eigenvalue weighted by molar-refractivity contribution is -0.519. The summed E-state index contributed by atoms with van der Waals surface area (Å²) in [5.74, 6) is 6.88. The highest BCUT2D eigenvalue weighted by Gasteiger charge is 2.25. The molecule has 1 atom stereocenters.